The molecule has 0 saturated heterocycles. The zero-order valence-corrected chi connectivity index (χ0v) is 10.9. The molecule has 1 rings (SSSR count). The second-order valence-corrected chi connectivity index (χ2v) is 4.27. The van der Waals surface area contributed by atoms with Crippen LogP contribution in [-0.2, 0) is 22.1 Å². The Balaban J connectivity index is 2.83. The van der Waals surface area contributed by atoms with E-state index in [1.54, 1.807) is 6.92 Å². The maximum absolute atomic E-state index is 12.4. The van der Waals surface area contributed by atoms with Gasteiger partial charge in [0, 0.05) is 5.02 Å². The van der Waals surface area contributed by atoms with Crippen molar-refractivity contribution in [3.8, 4) is 0 Å². The van der Waals surface area contributed by atoms with E-state index >= 15 is 0 Å². The lowest BCUT2D eigenvalue weighted by atomic mass is 10.0. The van der Waals surface area contributed by atoms with Gasteiger partial charge in [-0.05, 0) is 31.0 Å². The fourth-order valence-electron chi connectivity index (χ4n) is 1.46. The van der Waals surface area contributed by atoms with Gasteiger partial charge in [0.25, 0.3) is 0 Å². The van der Waals surface area contributed by atoms with Gasteiger partial charge < -0.3 is 10.5 Å². The number of carbonyl (C=O) groups excluding carboxylic acids is 1. The molecule has 0 aliphatic rings. The van der Waals surface area contributed by atoms with Gasteiger partial charge in [-0.25, -0.2) is 0 Å². The van der Waals surface area contributed by atoms with Crippen molar-refractivity contribution in [1.29, 1.82) is 0 Å². The molecule has 7 heteroatoms. The summed E-state index contributed by atoms with van der Waals surface area (Å²) in [4.78, 5) is 11.3. The quantitative estimate of drug-likeness (QED) is 0.869. The first-order valence-corrected chi connectivity index (χ1v) is 5.91. The molecule has 3 nitrogen and oxygen atoms in total. The number of ether oxygens (including phenoxy) is 1. The summed E-state index contributed by atoms with van der Waals surface area (Å²) in [5.74, 6) is -0.613. The third-order valence-electron chi connectivity index (χ3n) is 2.41. The maximum atomic E-state index is 12.4. The van der Waals surface area contributed by atoms with E-state index in [2.05, 4.69) is 0 Å². The minimum absolute atomic E-state index is 0.0236. The smallest absolute Gasteiger partial charge is 0.416 e. The monoisotopic (exact) mass is 295 g/mol. The predicted octanol–water partition coefficient (Wildman–Crippen LogP) is 2.79. The highest BCUT2D eigenvalue weighted by Crippen LogP contribution is 2.32. The zero-order chi connectivity index (χ0) is 14.6. The lowest BCUT2D eigenvalue weighted by molar-refractivity contribution is -0.144. The molecule has 1 atom stereocenters. The first kappa shape index (κ1) is 15.8. The van der Waals surface area contributed by atoms with E-state index in [9.17, 15) is 18.0 Å². The van der Waals surface area contributed by atoms with E-state index < -0.39 is 23.8 Å². The summed E-state index contributed by atoms with van der Waals surface area (Å²) >= 11 is 5.75. The van der Waals surface area contributed by atoms with Gasteiger partial charge >= 0.3 is 12.1 Å². The van der Waals surface area contributed by atoms with E-state index in [0.717, 1.165) is 12.1 Å². The minimum atomic E-state index is -4.45. The maximum Gasteiger partial charge on any atom is 0.416 e. The summed E-state index contributed by atoms with van der Waals surface area (Å²) in [5, 5.41) is -0.0745. The van der Waals surface area contributed by atoms with Crippen LogP contribution in [0.4, 0.5) is 13.2 Å². The summed E-state index contributed by atoms with van der Waals surface area (Å²) in [6.45, 7) is 1.82. The molecule has 1 aromatic rings. The van der Waals surface area contributed by atoms with Crippen LogP contribution in [0.5, 0.6) is 0 Å². The van der Waals surface area contributed by atoms with Crippen molar-refractivity contribution in [3.05, 3.63) is 34.3 Å². The summed E-state index contributed by atoms with van der Waals surface area (Å²) in [6.07, 6.45) is -4.43. The molecule has 0 saturated carbocycles. The van der Waals surface area contributed by atoms with Gasteiger partial charge in [0.05, 0.1) is 12.2 Å². The number of esters is 1. The van der Waals surface area contributed by atoms with Gasteiger partial charge in [-0.15, -0.1) is 0 Å². The van der Waals surface area contributed by atoms with Gasteiger partial charge in [0.2, 0.25) is 0 Å². The highest BCUT2D eigenvalue weighted by molar-refractivity contribution is 6.31. The molecule has 19 heavy (non-hydrogen) atoms. The van der Waals surface area contributed by atoms with E-state index in [4.69, 9.17) is 22.1 Å². The van der Waals surface area contributed by atoms with Crippen LogP contribution in [0.15, 0.2) is 18.2 Å². The molecule has 0 bridgehead atoms. The molecule has 2 N–H and O–H groups in total. The summed E-state index contributed by atoms with van der Waals surface area (Å²) < 4.78 is 42.0. The van der Waals surface area contributed by atoms with Gasteiger partial charge in [-0.2, -0.15) is 13.2 Å². The van der Waals surface area contributed by atoms with Crippen LogP contribution in [0.1, 0.15) is 18.1 Å². The average Bonchev–Trinajstić information content (AvgIpc) is 2.30. The molecule has 0 aliphatic carbocycles. The highest BCUT2D eigenvalue weighted by atomic mass is 35.5. The zero-order valence-electron chi connectivity index (χ0n) is 10.1. The van der Waals surface area contributed by atoms with E-state index in [0.29, 0.717) is 5.56 Å². The Bertz CT molecular complexity index is 463. The van der Waals surface area contributed by atoms with E-state index in [1.807, 2.05) is 0 Å². The van der Waals surface area contributed by atoms with Crippen LogP contribution in [-0.4, -0.2) is 18.6 Å². The SMILES string of the molecule is CCOC(=O)C(N)Cc1ccc(C(F)(F)F)cc1Cl. The van der Waals surface area contributed by atoms with Gasteiger partial charge in [-0.1, -0.05) is 17.7 Å². The van der Waals surface area contributed by atoms with Crippen LogP contribution in [0.2, 0.25) is 5.02 Å². The van der Waals surface area contributed by atoms with Crippen LogP contribution in [0.25, 0.3) is 0 Å². The number of nitrogens with two attached hydrogens (primary N) is 1. The lowest BCUT2D eigenvalue weighted by Crippen LogP contribution is -2.34. The van der Waals surface area contributed by atoms with Crippen LogP contribution in [0.3, 0.4) is 0 Å². The van der Waals surface area contributed by atoms with Crippen LogP contribution < -0.4 is 5.73 Å². The topological polar surface area (TPSA) is 52.3 Å². The molecule has 1 unspecified atom stereocenters. The standard InChI is InChI=1S/C12H13ClF3NO2/c1-2-19-11(18)10(17)5-7-3-4-8(6-9(7)13)12(14,15)16/h3-4,6,10H,2,5,17H2,1H3. The molecule has 0 heterocycles. The Morgan fingerprint density at radius 2 is 2.11 bits per heavy atom. The third kappa shape index (κ3) is 4.40. The lowest BCUT2D eigenvalue weighted by Gasteiger charge is -2.13. The summed E-state index contributed by atoms with van der Waals surface area (Å²) in [7, 11) is 0. The number of alkyl halides is 3. The molecule has 1 aromatic carbocycles. The first-order chi connectivity index (χ1) is 8.75. The molecule has 0 amide bonds. The molecule has 0 radical (unpaired) electrons. The number of hydrogen-bond acceptors (Lipinski definition) is 3. The predicted molar refractivity (Wildman–Crippen MR) is 64.8 cm³/mol. The van der Waals surface area contributed by atoms with Gasteiger partial charge in [0.1, 0.15) is 6.04 Å². The van der Waals surface area contributed by atoms with Crippen molar-refractivity contribution in [2.75, 3.05) is 6.61 Å². The molecular formula is C12H13ClF3NO2. The number of benzene rings is 1. The number of hydrogen-bond donors (Lipinski definition) is 1. The van der Waals surface area contributed by atoms with Gasteiger partial charge in [-0.3, -0.25) is 4.79 Å². The van der Waals surface area contributed by atoms with Crippen molar-refractivity contribution >= 4 is 17.6 Å². The molecular weight excluding hydrogens is 283 g/mol. The van der Waals surface area contributed by atoms with E-state index in [-0.39, 0.29) is 18.1 Å². The fraction of sp³-hybridized carbons (Fsp3) is 0.417. The fourth-order valence-corrected chi connectivity index (χ4v) is 1.72. The highest BCUT2D eigenvalue weighted by Gasteiger charge is 2.31. The average molecular weight is 296 g/mol. The van der Waals surface area contributed by atoms with Gasteiger partial charge in [0.15, 0.2) is 0 Å². The Labute approximate surface area is 113 Å². The third-order valence-corrected chi connectivity index (χ3v) is 2.76. The number of rotatable bonds is 4. The second kappa shape index (κ2) is 6.25. The van der Waals surface area contributed by atoms with Crippen molar-refractivity contribution in [2.45, 2.75) is 25.6 Å². The Morgan fingerprint density at radius 3 is 2.58 bits per heavy atom. The summed E-state index contributed by atoms with van der Waals surface area (Å²) in [6, 6.07) is 1.98. The van der Waals surface area contributed by atoms with E-state index in [1.165, 1.54) is 6.07 Å². The Kier molecular flexibility index (Phi) is 5.20. The molecule has 106 valence electrons. The molecule has 0 fully saturated rings. The molecule has 0 spiro atoms. The van der Waals surface area contributed by atoms with Crippen LogP contribution in [0, 0.1) is 0 Å². The number of carbonyl (C=O) groups is 1. The summed E-state index contributed by atoms with van der Waals surface area (Å²) in [5.41, 5.74) is 5.10. The van der Waals surface area contributed by atoms with Crippen molar-refractivity contribution < 1.29 is 22.7 Å². The Morgan fingerprint density at radius 1 is 1.47 bits per heavy atom. The first-order valence-electron chi connectivity index (χ1n) is 5.53. The normalized spacial score (nSPS) is 13.2. The largest absolute Gasteiger partial charge is 0.465 e. The van der Waals surface area contributed by atoms with Crippen molar-refractivity contribution in [1.82, 2.24) is 0 Å². The molecule has 0 aromatic heterocycles. The Hall–Kier alpha value is -1.27. The van der Waals surface area contributed by atoms with Crippen molar-refractivity contribution in [3.63, 3.8) is 0 Å². The van der Waals surface area contributed by atoms with Crippen LogP contribution >= 0.6 is 11.6 Å². The minimum Gasteiger partial charge on any atom is -0.465 e. The second-order valence-electron chi connectivity index (χ2n) is 3.87. The van der Waals surface area contributed by atoms with Crippen molar-refractivity contribution in [2.24, 2.45) is 5.73 Å². The number of halogens is 4. The molecule has 0 aliphatic heterocycles.